The molecule has 1 saturated heterocycles. The van der Waals surface area contributed by atoms with Gasteiger partial charge in [-0.25, -0.2) is 26.7 Å². The van der Waals surface area contributed by atoms with Crippen LogP contribution < -0.4 is 14.8 Å². The van der Waals surface area contributed by atoms with Gasteiger partial charge in [0, 0.05) is 25.2 Å². The predicted molar refractivity (Wildman–Crippen MR) is 105 cm³/mol. The maximum atomic E-state index is 12.6. The van der Waals surface area contributed by atoms with Crippen LogP contribution in [0.2, 0.25) is 0 Å². The number of carbonyl (C=O) groups excluding carboxylic acids is 1. The van der Waals surface area contributed by atoms with Crippen LogP contribution in [0.25, 0.3) is 0 Å². The summed E-state index contributed by atoms with van der Waals surface area (Å²) in [5.41, 5.74) is 1.82. The van der Waals surface area contributed by atoms with Crippen LogP contribution in [0, 0.1) is 6.92 Å². The summed E-state index contributed by atoms with van der Waals surface area (Å²) in [7, 11) is -7.57. The van der Waals surface area contributed by atoms with E-state index in [-0.39, 0.29) is 22.2 Å². The average Bonchev–Trinajstić information content (AvgIpc) is 3.05. The maximum absolute atomic E-state index is 12.6. The fraction of sp³-hybridized carbons (Fsp3) is 0.278. The number of hydrogen-bond acceptors (Lipinski definition) is 5. The second kappa shape index (κ2) is 7.63. The van der Waals surface area contributed by atoms with Crippen LogP contribution in [0.4, 0.5) is 5.69 Å². The summed E-state index contributed by atoms with van der Waals surface area (Å²) in [5.74, 6) is 0.0380. The molecule has 1 aliphatic heterocycles. The van der Waals surface area contributed by atoms with E-state index in [4.69, 9.17) is 5.14 Å². The highest BCUT2D eigenvalue weighted by Crippen LogP contribution is 2.26. The summed E-state index contributed by atoms with van der Waals surface area (Å²) in [6.07, 6.45) is 1.30. The second-order valence-corrected chi connectivity index (χ2v) is 9.91. The summed E-state index contributed by atoms with van der Waals surface area (Å²) in [4.78, 5) is 13.6. The summed E-state index contributed by atoms with van der Waals surface area (Å²) in [5, 5.41) is 5.04. The molecule has 2 aromatic carbocycles. The molecule has 8 nitrogen and oxygen atoms in total. The SMILES string of the molecule is Cc1cc(N2CCCC2=O)ccc1S(=O)(=O)NCc1ccc(S(N)(=O)=O)cc1. The fourth-order valence-electron chi connectivity index (χ4n) is 3.08. The van der Waals surface area contributed by atoms with Crippen molar-refractivity contribution in [1.29, 1.82) is 0 Å². The van der Waals surface area contributed by atoms with Crippen LogP contribution in [-0.2, 0) is 31.4 Å². The number of rotatable bonds is 6. The topological polar surface area (TPSA) is 127 Å². The number of amides is 1. The van der Waals surface area contributed by atoms with E-state index in [0.29, 0.717) is 29.8 Å². The second-order valence-electron chi connectivity index (χ2n) is 6.61. The number of primary sulfonamides is 1. The zero-order chi connectivity index (χ0) is 20.5. The van der Waals surface area contributed by atoms with Crippen molar-refractivity contribution in [2.24, 2.45) is 5.14 Å². The molecule has 1 heterocycles. The largest absolute Gasteiger partial charge is 0.312 e. The minimum Gasteiger partial charge on any atom is -0.312 e. The van der Waals surface area contributed by atoms with Crippen molar-refractivity contribution >= 4 is 31.6 Å². The Morgan fingerprint density at radius 3 is 2.29 bits per heavy atom. The third-order valence-corrected chi connectivity index (χ3v) is 7.04. The molecule has 0 bridgehead atoms. The summed E-state index contributed by atoms with van der Waals surface area (Å²) >= 11 is 0. The Hall–Kier alpha value is -2.27. The van der Waals surface area contributed by atoms with E-state index in [0.717, 1.165) is 6.42 Å². The van der Waals surface area contributed by atoms with E-state index in [1.165, 1.54) is 30.3 Å². The average molecular weight is 424 g/mol. The Bertz CT molecular complexity index is 1110. The van der Waals surface area contributed by atoms with Crippen molar-refractivity contribution in [3.63, 3.8) is 0 Å². The number of anilines is 1. The van der Waals surface area contributed by atoms with Crippen LogP contribution in [0.3, 0.4) is 0 Å². The molecule has 1 fully saturated rings. The molecule has 10 heteroatoms. The Morgan fingerprint density at radius 1 is 1.07 bits per heavy atom. The van der Waals surface area contributed by atoms with Gasteiger partial charge in [-0.3, -0.25) is 4.79 Å². The summed E-state index contributed by atoms with van der Waals surface area (Å²) in [6.45, 7) is 2.32. The zero-order valence-electron chi connectivity index (χ0n) is 15.3. The van der Waals surface area contributed by atoms with Gasteiger partial charge in [-0.15, -0.1) is 0 Å². The van der Waals surface area contributed by atoms with Gasteiger partial charge in [0.2, 0.25) is 26.0 Å². The summed E-state index contributed by atoms with van der Waals surface area (Å²) < 4.78 is 50.3. The van der Waals surface area contributed by atoms with Crippen molar-refractivity contribution in [3.05, 3.63) is 53.6 Å². The minimum absolute atomic E-state index is 0.000958. The molecular weight excluding hydrogens is 402 g/mol. The van der Waals surface area contributed by atoms with Crippen molar-refractivity contribution in [2.75, 3.05) is 11.4 Å². The zero-order valence-corrected chi connectivity index (χ0v) is 16.9. The molecule has 0 radical (unpaired) electrons. The first kappa shape index (κ1) is 20.5. The first-order valence-corrected chi connectivity index (χ1v) is 11.6. The lowest BCUT2D eigenvalue weighted by Gasteiger charge is -2.18. The molecule has 150 valence electrons. The van der Waals surface area contributed by atoms with E-state index < -0.39 is 20.0 Å². The van der Waals surface area contributed by atoms with Gasteiger partial charge in [0.05, 0.1) is 9.79 Å². The number of nitrogens with one attached hydrogen (secondary N) is 1. The van der Waals surface area contributed by atoms with Gasteiger partial charge < -0.3 is 4.90 Å². The third-order valence-electron chi connectivity index (χ3n) is 4.55. The predicted octanol–water partition coefficient (Wildman–Crippen LogP) is 1.25. The van der Waals surface area contributed by atoms with Gasteiger partial charge in [-0.2, -0.15) is 0 Å². The lowest BCUT2D eigenvalue weighted by molar-refractivity contribution is -0.117. The Balaban J connectivity index is 1.75. The van der Waals surface area contributed by atoms with E-state index in [1.807, 2.05) is 0 Å². The molecule has 0 unspecified atom stereocenters. The number of sulfonamides is 2. The smallest absolute Gasteiger partial charge is 0.241 e. The van der Waals surface area contributed by atoms with E-state index in [2.05, 4.69) is 4.72 Å². The van der Waals surface area contributed by atoms with E-state index in [1.54, 1.807) is 24.0 Å². The lowest BCUT2D eigenvalue weighted by atomic mass is 10.2. The molecule has 28 heavy (non-hydrogen) atoms. The highest BCUT2D eigenvalue weighted by atomic mass is 32.2. The van der Waals surface area contributed by atoms with Gasteiger partial charge in [-0.1, -0.05) is 12.1 Å². The molecule has 3 rings (SSSR count). The molecule has 1 amide bonds. The van der Waals surface area contributed by atoms with E-state index in [9.17, 15) is 21.6 Å². The van der Waals surface area contributed by atoms with Crippen molar-refractivity contribution in [1.82, 2.24) is 4.72 Å². The van der Waals surface area contributed by atoms with Crippen LogP contribution >= 0.6 is 0 Å². The maximum Gasteiger partial charge on any atom is 0.241 e. The van der Waals surface area contributed by atoms with Crippen molar-refractivity contribution < 1.29 is 21.6 Å². The Kier molecular flexibility index (Phi) is 5.57. The van der Waals surface area contributed by atoms with Gasteiger partial charge in [-0.05, 0) is 54.8 Å². The molecule has 3 N–H and O–H groups in total. The van der Waals surface area contributed by atoms with Crippen LogP contribution in [0.15, 0.2) is 52.3 Å². The van der Waals surface area contributed by atoms with Crippen molar-refractivity contribution in [3.8, 4) is 0 Å². The van der Waals surface area contributed by atoms with Gasteiger partial charge in [0.25, 0.3) is 0 Å². The summed E-state index contributed by atoms with van der Waals surface area (Å²) in [6, 6.07) is 10.5. The monoisotopic (exact) mass is 423 g/mol. The standard InChI is InChI=1S/C18H21N3O5S2/c1-13-11-15(21-10-2-3-18(21)22)6-9-17(13)28(25,26)20-12-14-4-7-16(8-5-14)27(19,23)24/h4-9,11,20H,2-3,10,12H2,1H3,(H2,19,23,24). The lowest BCUT2D eigenvalue weighted by Crippen LogP contribution is -2.26. The Morgan fingerprint density at radius 2 is 1.75 bits per heavy atom. The highest BCUT2D eigenvalue weighted by Gasteiger charge is 2.23. The van der Waals surface area contributed by atoms with Crippen LogP contribution in [-0.4, -0.2) is 29.3 Å². The normalized spacial score (nSPS) is 15.2. The number of carbonyl (C=O) groups is 1. The molecule has 0 atom stereocenters. The van der Waals surface area contributed by atoms with Crippen LogP contribution in [0.5, 0.6) is 0 Å². The number of nitrogens with two attached hydrogens (primary N) is 1. The molecule has 2 aromatic rings. The number of nitrogens with zero attached hydrogens (tertiary/aromatic N) is 1. The molecule has 0 aromatic heterocycles. The van der Waals surface area contributed by atoms with Crippen molar-refractivity contribution in [2.45, 2.75) is 36.1 Å². The minimum atomic E-state index is -3.79. The first-order valence-electron chi connectivity index (χ1n) is 8.60. The quantitative estimate of drug-likeness (QED) is 0.723. The first-order chi connectivity index (χ1) is 13.1. The van der Waals surface area contributed by atoms with Gasteiger partial charge >= 0.3 is 0 Å². The molecule has 0 spiro atoms. The number of aryl methyl sites for hydroxylation is 1. The van der Waals surface area contributed by atoms with E-state index >= 15 is 0 Å². The highest BCUT2D eigenvalue weighted by molar-refractivity contribution is 7.89. The van der Waals surface area contributed by atoms with Crippen LogP contribution in [0.1, 0.15) is 24.0 Å². The molecule has 1 aliphatic rings. The third kappa shape index (κ3) is 4.41. The number of benzene rings is 2. The van der Waals surface area contributed by atoms with Gasteiger partial charge in [0.15, 0.2) is 0 Å². The van der Waals surface area contributed by atoms with Gasteiger partial charge in [0.1, 0.15) is 0 Å². The molecular formula is C18H21N3O5S2. The Labute approximate surface area is 164 Å². The molecule has 0 saturated carbocycles. The molecule has 0 aliphatic carbocycles. The fourth-order valence-corrected chi connectivity index (χ4v) is 4.83. The number of hydrogen-bond donors (Lipinski definition) is 2.